The largest absolute Gasteiger partial charge is 0.467 e. The summed E-state index contributed by atoms with van der Waals surface area (Å²) in [5.41, 5.74) is 4.22. The van der Waals surface area contributed by atoms with E-state index in [1.807, 2.05) is 49.6 Å². The molecule has 0 heterocycles. The average molecular weight is 528 g/mol. The van der Waals surface area contributed by atoms with Gasteiger partial charge in [0, 0.05) is 5.56 Å². The monoisotopic (exact) mass is 527 g/mol. The highest BCUT2D eigenvalue weighted by atomic mass is 32.2. The molecule has 6 nitrogen and oxygen atoms in total. The summed E-state index contributed by atoms with van der Waals surface area (Å²) in [6.45, 7) is 2.38. The lowest BCUT2D eigenvalue weighted by atomic mass is 9.85. The van der Waals surface area contributed by atoms with Crippen LogP contribution in [0.3, 0.4) is 0 Å². The summed E-state index contributed by atoms with van der Waals surface area (Å²) < 4.78 is 11.1. The van der Waals surface area contributed by atoms with Gasteiger partial charge in [0.15, 0.2) is 0 Å². The second kappa shape index (κ2) is 15.2. The Hall–Kier alpha value is -2.35. The molecular weight excluding hydrogens is 486 g/mol. The second-order valence-electron chi connectivity index (χ2n) is 9.88. The first-order chi connectivity index (χ1) is 18.0. The number of benzene rings is 2. The number of carbonyl (C=O) groups excluding carboxylic acids is 2. The van der Waals surface area contributed by atoms with Crippen molar-refractivity contribution in [2.75, 3.05) is 25.7 Å². The summed E-state index contributed by atoms with van der Waals surface area (Å²) >= 11 is 1.61. The molecule has 1 amide bonds. The molecule has 37 heavy (non-hydrogen) atoms. The number of methoxy groups -OCH3 is 1. The third-order valence-corrected chi connectivity index (χ3v) is 7.82. The number of carbonyl (C=O) groups is 2. The van der Waals surface area contributed by atoms with Gasteiger partial charge in [-0.2, -0.15) is 11.8 Å². The molecule has 3 rings (SSSR count). The number of amides is 1. The molecule has 2 atom stereocenters. The fourth-order valence-electron chi connectivity index (χ4n) is 5.04. The summed E-state index contributed by atoms with van der Waals surface area (Å²) in [5, 5.41) is 12.8. The van der Waals surface area contributed by atoms with Gasteiger partial charge < -0.3 is 19.9 Å². The summed E-state index contributed by atoms with van der Waals surface area (Å²) in [7, 11) is 1.34. The third-order valence-electron chi connectivity index (χ3n) is 7.18. The number of aliphatic hydroxyl groups is 1. The zero-order chi connectivity index (χ0) is 26.6. The van der Waals surface area contributed by atoms with Crippen molar-refractivity contribution in [3.63, 3.8) is 0 Å². The molecule has 1 saturated carbocycles. The van der Waals surface area contributed by atoms with Crippen molar-refractivity contribution < 1.29 is 24.2 Å². The van der Waals surface area contributed by atoms with Crippen LogP contribution < -0.4 is 5.32 Å². The van der Waals surface area contributed by atoms with Crippen LogP contribution in [0.2, 0.25) is 0 Å². The van der Waals surface area contributed by atoms with Gasteiger partial charge in [-0.25, -0.2) is 4.79 Å². The molecular formula is C30H41NO5S. The van der Waals surface area contributed by atoms with Crippen LogP contribution in [-0.2, 0) is 20.9 Å². The molecule has 1 unspecified atom stereocenters. The van der Waals surface area contributed by atoms with E-state index in [1.54, 1.807) is 17.8 Å². The minimum atomic E-state index is -0.706. The molecule has 2 aromatic rings. The predicted molar refractivity (Wildman–Crippen MR) is 150 cm³/mol. The van der Waals surface area contributed by atoms with Crippen LogP contribution >= 0.6 is 11.8 Å². The molecule has 1 aliphatic carbocycles. The summed E-state index contributed by atoms with van der Waals surface area (Å²) in [5.74, 6) is 0.590. The van der Waals surface area contributed by atoms with Gasteiger partial charge in [-0.1, -0.05) is 62.4 Å². The Labute approximate surface area is 225 Å². The highest BCUT2D eigenvalue weighted by Crippen LogP contribution is 2.30. The maximum absolute atomic E-state index is 13.4. The lowest BCUT2D eigenvalue weighted by Crippen LogP contribution is -2.42. The molecule has 1 aliphatic rings. The van der Waals surface area contributed by atoms with Gasteiger partial charge in [0.1, 0.15) is 6.04 Å². The van der Waals surface area contributed by atoms with E-state index in [0.29, 0.717) is 24.5 Å². The Morgan fingerprint density at radius 2 is 1.86 bits per heavy atom. The minimum Gasteiger partial charge on any atom is -0.467 e. The Kier molecular flexibility index (Phi) is 12.0. The number of hydrogen-bond acceptors (Lipinski definition) is 6. The summed E-state index contributed by atoms with van der Waals surface area (Å²) in [6.07, 6.45) is 9.41. The van der Waals surface area contributed by atoms with Crippen molar-refractivity contribution in [3.05, 3.63) is 59.2 Å². The third kappa shape index (κ3) is 8.59. The fraction of sp³-hybridized carbons (Fsp3) is 0.533. The highest BCUT2D eigenvalue weighted by Gasteiger charge is 2.24. The summed E-state index contributed by atoms with van der Waals surface area (Å²) in [6, 6.07) is 12.9. The quantitative estimate of drug-likeness (QED) is 0.333. The van der Waals surface area contributed by atoms with Crippen LogP contribution in [0, 0.1) is 12.8 Å². The Morgan fingerprint density at radius 3 is 2.54 bits per heavy atom. The zero-order valence-corrected chi connectivity index (χ0v) is 23.1. The van der Waals surface area contributed by atoms with Gasteiger partial charge in [0.25, 0.3) is 5.91 Å². The van der Waals surface area contributed by atoms with E-state index in [4.69, 9.17) is 9.47 Å². The maximum atomic E-state index is 13.4. The number of hydrogen-bond donors (Lipinski definition) is 2. The van der Waals surface area contributed by atoms with Gasteiger partial charge in [-0.15, -0.1) is 0 Å². The lowest BCUT2D eigenvalue weighted by Gasteiger charge is -2.26. The Balaban J connectivity index is 1.81. The van der Waals surface area contributed by atoms with E-state index in [0.717, 1.165) is 34.4 Å². The number of nitrogens with one attached hydrogen (secondary N) is 1. The van der Waals surface area contributed by atoms with E-state index in [9.17, 15) is 14.7 Å². The molecule has 1 fully saturated rings. The topological polar surface area (TPSA) is 84.9 Å². The van der Waals surface area contributed by atoms with E-state index in [2.05, 4.69) is 5.32 Å². The van der Waals surface area contributed by atoms with Crippen molar-refractivity contribution in [2.45, 2.75) is 70.6 Å². The molecule has 0 aromatic heterocycles. The first-order valence-corrected chi connectivity index (χ1v) is 14.6. The van der Waals surface area contributed by atoms with Gasteiger partial charge in [0.05, 0.1) is 26.4 Å². The van der Waals surface area contributed by atoms with Crippen LogP contribution in [0.5, 0.6) is 0 Å². The van der Waals surface area contributed by atoms with Gasteiger partial charge in [-0.3, -0.25) is 4.79 Å². The number of aliphatic hydroxyl groups excluding tert-OH is 1. The Bertz CT molecular complexity index is 1020. The molecule has 2 N–H and O–H groups in total. The van der Waals surface area contributed by atoms with E-state index < -0.39 is 12.0 Å². The standard InChI is InChI=1S/C30H41NO5S/c1-21-9-7-8-12-25(21)27-18-23(20-36-24(19-32)17-22-10-5-4-6-11-22)13-14-26(27)29(33)31-28(15-16-37-3)30(34)35-2/h7-9,12-14,18,22,24,28,32H,4-6,10-11,15-17,19-20H2,1-3H3,(H,31,33)/t24-,28?/m0/s1. The first-order valence-electron chi connectivity index (χ1n) is 13.3. The number of esters is 1. The van der Waals surface area contributed by atoms with Gasteiger partial charge in [-0.05, 0) is 72.1 Å². The van der Waals surface area contributed by atoms with Crippen LogP contribution in [-0.4, -0.2) is 54.9 Å². The number of thioether (sulfide) groups is 1. The lowest BCUT2D eigenvalue weighted by molar-refractivity contribution is -0.142. The van der Waals surface area contributed by atoms with Crippen LogP contribution in [0.25, 0.3) is 11.1 Å². The van der Waals surface area contributed by atoms with Crippen molar-refractivity contribution in [2.24, 2.45) is 5.92 Å². The molecule has 0 radical (unpaired) electrons. The Morgan fingerprint density at radius 1 is 1.11 bits per heavy atom. The number of ether oxygens (including phenoxy) is 2. The van der Waals surface area contributed by atoms with Crippen molar-refractivity contribution >= 4 is 23.6 Å². The van der Waals surface area contributed by atoms with E-state index >= 15 is 0 Å². The normalized spacial score (nSPS) is 15.7. The molecule has 7 heteroatoms. The molecule has 0 saturated heterocycles. The smallest absolute Gasteiger partial charge is 0.328 e. The SMILES string of the molecule is COC(=O)C(CCSC)NC(=O)c1ccc(CO[C@H](CO)CC2CCCCC2)cc1-c1ccccc1C. The van der Waals surface area contributed by atoms with Gasteiger partial charge >= 0.3 is 5.97 Å². The van der Waals surface area contributed by atoms with Crippen LogP contribution in [0.15, 0.2) is 42.5 Å². The highest BCUT2D eigenvalue weighted by molar-refractivity contribution is 7.98. The number of rotatable bonds is 13. The molecule has 0 aliphatic heterocycles. The second-order valence-corrected chi connectivity index (χ2v) is 10.9. The zero-order valence-electron chi connectivity index (χ0n) is 22.3. The predicted octanol–water partition coefficient (Wildman–Crippen LogP) is 5.53. The number of aryl methyl sites for hydroxylation is 1. The first kappa shape index (κ1) is 29.2. The van der Waals surface area contributed by atoms with Gasteiger partial charge in [0.2, 0.25) is 0 Å². The van der Waals surface area contributed by atoms with Crippen molar-refractivity contribution in [1.82, 2.24) is 5.32 Å². The molecule has 0 bridgehead atoms. The van der Waals surface area contributed by atoms with Crippen molar-refractivity contribution in [3.8, 4) is 11.1 Å². The van der Waals surface area contributed by atoms with E-state index in [-0.39, 0.29) is 18.6 Å². The van der Waals surface area contributed by atoms with Crippen molar-refractivity contribution in [1.29, 1.82) is 0 Å². The maximum Gasteiger partial charge on any atom is 0.328 e. The average Bonchev–Trinajstić information content (AvgIpc) is 2.93. The van der Waals surface area contributed by atoms with E-state index in [1.165, 1.54) is 39.2 Å². The summed E-state index contributed by atoms with van der Waals surface area (Å²) in [4.78, 5) is 25.7. The molecule has 202 valence electrons. The minimum absolute atomic E-state index is 0.00655. The van der Waals surface area contributed by atoms with Crippen LogP contribution in [0.1, 0.15) is 66.4 Å². The molecule has 0 spiro atoms. The molecule has 2 aromatic carbocycles. The van der Waals surface area contributed by atoms with Crippen LogP contribution in [0.4, 0.5) is 0 Å². The fourth-order valence-corrected chi connectivity index (χ4v) is 5.52.